The van der Waals surface area contributed by atoms with Gasteiger partial charge in [-0.1, -0.05) is 48.9 Å². The van der Waals surface area contributed by atoms with Crippen molar-refractivity contribution >= 4 is 39.9 Å². The van der Waals surface area contributed by atoms with Gasteiger partial charge in [-0.15, -0.1) is 0 Å². The van der Waals surface area contributed by atoms with Gasteiger partial charge in [0.25, 0.3) is 5.56 Å². The summed E-state index contributed by atoms with van der Waals surface area (Å²) in [6.07, 6.45) is 12.4. The molecule has 5 heterocycles. The van der Waals surface area contributed by atoms with Crippen LogP contribution in [0.4, 0.5) is 11.6 Å². The molecular weight excluding hydrogens is 580 g/mol. The summed E-state index contributed by atoms with van der Waals surface area (Å²) in [4.78, 5) is 27.0. The number of imidazole rings is 1. The molecular formula is C32H31ClN8O3. The van der Waals surface area contributed by atoms with Gasteiger partial charge >= 0.3 is 0 Å². The Hall–Kier alpha value is -4.74. The van der Waals surface area contributed by atoms with Crippen LogP contribution in [0.25, 0.3) is 16.7 Å². The van der Waals surface area contributed by atoms with Crippen LogP contribution in [0.2, 0.25) is 5.02 Å². The first-order chi connectivity index (χ1) is 21.4. The monoisotopic (exact) mass is 610 g/mol. The fourth-order valence-electron chi connectivity index (χ4n) is 5.29. The van der Waals surface area contributed by atoms with Crippen LogP contribution in [0.15, 0.2) is 78.4 Å². The lowest BCUT2D eigenvalue weighted by atomic mass is 10.1. The van der Waals surface area contributed by atoms with Crippen molar-refractivity contribution in [2.24, 2.45) is 13.0 Å². The largest absolute Gasteiger partial charge is 0.450 e. The van der Waals surface area contributed by atoms with Crippen molar-refractivity contribution in [3.63, 3.8) is 0 Å². The molecule has 5 aromatic heterocycles. The second kappa shape index (κ2) is 11.7. The summed E-state index contributed by atoms with van der Waals surface area (Å²) in [5.74, 6) is 1.90. The summed E-state index contributed by atoms with van der Waals surface area (Å²) in [5, 5.41) is 7.90. The molecule has 1 aromatic carbocycles. The van der Waals surface area contributed by atoms with E-state index < -0.39 is 0 Å². The first-order valence-electron chi connectivity index (χ1n) is 14.5. The van der Waals surface area contributed by atoms with Crippen molar-refractivity contribution in [2.45, 2.75) is 38.8 Å². The average Bonchev–Trinajstić information content (AvgIpc) is 3.73. The highest BCUT2D eigenvalue weighted by molar-refractivity contribution is 6.36. The highest BCUT2D eigenvalue weighted by atomic mass is 35.5. The molecule has 7 rings (SSSR count). The molecule has 0 amide bonds. The number of hydrogen-bond acceptors (Lipinski definition) is 8. The number of fused-ring (bicyclic) bond motifs is 2. The Labute approximate surface area is 258 Å². The van der Waals surface area contributed by atoms with Gasteiger partial charge in [0.1, 0.15) is 21.7 Å². The maximum Gasteiger partial charge on any atom is 0.274 e. The number of ether oxygens (including phenoxy) is 2. The van der Waals surface area contributed by atoms with E-state index in [1.165, 1.54) is 6.20 Å². The molecule has 0 aliphatic heterocycles. The van der Waals surface area contributed by atoms with E-state index in [4.69, 9.17) is 21.1 Å². The zero-order valence-corrected chi connectivity index (χ0v) is 25.1. The summed E-state index contributed by atoms with van der Waals surface area (Å²) >= 11 is 6.83. The molecule has 224 valence electrons. The van der Waals surface area contributed by atoms with E-state index in [0.29, 0.717) is 70.5 Å². The molecule has 12 heteroatoms. The number of hydrogen-bond donors (Lipinski definition) is 1. The number of nitrogens with zero attached hydrogens (tertiary/aromatic N) is 7. The van der Waals surface area contributed by atoms with Gasteiger partial charge in [0.05, 0.1) is 31.8 Å². The minimum absolute atomic E-state index is 0.124. The molecule has 1 saturated carbocycles. The van der Waals surface area contributed by atoms with Gasteiger partial charge < -0.3 is 23.9 Å². The second-order valence-electron chi connectivity index (χ2n) is 11.3. The maximum atomic E-state index is 13.7. The van der Waals surface area contributed by atoms with Crippen LogP contribution in [0, 0.1) is 5.92 Å². The van der Waals surface area contributed by atoms with Crippen molar-refractivity contribution in [2.75, 3.05) is 11.9 Å². The van der Waals surface area contributed by atoms with Gasteiger partial charge in [0.15, 0.2) is 17.1 Å². The van der Waals surface area contributed by atoms with E-state index in [2.05, 4.69) is 32.3 Å². The van der Waals surface area contributed by atoms with Gasteiger partial charge in [-0.25, -0.2) is 9.50 Å². The summed E-state index contributed by atoms with van der Waals surface area (Å²) in [6.45, 7) is 3.72. The molecule has 0 spiro atoms. The summed E-state index contributed by atoms with van der Waals surface area (Å²) < 4.78 is 17.3. The predicted octanol–water partition coefficient (Wildman–Crippen LogP) is 6.09. The smallest absolute Gasteiger partial charge is 0.274 e. The maximum absolute atomic E-state index is 13.7. The van der Waals surface area contributed by atoms with Crippen LogP contribution >= 0.6 is 11.6 Å². The van der Waals surface area contributed by atoms with Crippen LogP contribution < -0.4 is 15.6 Å². The lowest BCUT2D eigenvalue weighted by Gasteiger charge is -2.17. The number of nitrogens with one attached hydrogen (secondary N) is 1. The van der Waals surface area contributed by atoms with Gasteiger partial charge in [0, 0.05) is 32.2 Å². The third kappa shape index (κ3) is 5.63. The fourth-order valence-corrected chi connectivity index (χ4v) is 5.59. The predicted molar refractivity (Wildman–Crippen MR) is 168 cm³/mol. The number of aryl methyl sites for hydroxylation is 1. The molecule has 1 atom stereocenters. The minimum atomic E-state index is -0.124. The average molecular weight is 611 g/mol. The number of rotatable bonds is 11. The highest BCUT2D eigenvalue weighted by Crippen LogP contribution is 2.41. The van der Waals surface area contributed by atoms with Crippen molar-refractivity contribution in [3.05, 3.63) is 100 Å². The lowest BCUT2D eigenvalue weighted by molar-refractivity contribution is 0.0865. The Morgan fingerprint density at radius 1 is 1.14 bits per heavy atom. The van der Waals surface area contributed by atoms with Crippen LogP contribution in [0.1, 0.15) is 36.8 Å². The molecule has 1 unspecified atom stereocenters. The molecule has 1 aliphatic rings. The van der Waals surface area contributed by atoms with E-state index >= 15 is 0 Å². The van der Waals surface area contributed by atoms with Crippen molar-refractivity contribution in [1.82, 2.24) is 33.7 Å². The van der Waals surface area contributed by atoms with E-state index in [1.807, 2.05) is 49.6 Å². The van der Waals surface area contributed by atoms with Gasteiger partial charge in [-0.2, -0.15) is 10.1 Å². The molecule has 6 aromatic rings. The van der Waals surface area contributed by atoms with Crippen LogP contribution in [0.3, 0.4) is 0 Å². The van der Waals surface area contributed by atoms with E-state index in [9.17, 15) is 4.79 Å². The van der Waals surface area contributed by atoms with Gasteiger partial charge in [0.2, 0.25) is 5.95 Å². The van der Waals surface area contributed by atoms with E-state index in [0.717, 1.165) is 24.0 Å². The van der Waals surface area contributed by atoms with Gasteiger partial charge in [-0.05, 0) is 41.9 Å². The molecule has 1 fully saturated rings. The Bertz CT molecular complexity index is 2020. The summed E-state index contributed by atoms with van der Waals surface area (Å²) in [6, 6.07) is 12.0. The SMILES string of the molecule is CC(COCc1ccccc1)Cn1cc(C2CC2)cc(Nc2nc3ncc(Oc4cnn5ccncc45)c(Cl)c3n2C)c1=O. The minimum Gasteiger partial charge on any atom is -0.450 e. The number of pyridine rings is 2. The molecule has 0 saturated heterocycles. The quantitative estimate of drug-likeness (QED) is 0.187. The molecule has 1 N–H and O–H groups in total. The molecule has 44 heavy (non-hydrogen) atoms. The first-order valence-corrected chi connectivity index (χ1v) is 14.9. The Balaban J connectivity index is 1.13. The van der Waals surface area contributed by atoms with Crippen LogP contribution in [-0.2, 0) is 24.9 Å². The Morgan fingerprint density at radius 3 is 2.80 bits per heavy atom. The van der Waals surface area contributed by atoms with E-state index in [-0.39, 0.29) is 11.5 Å². The molecule has 11 nitrogen and oxygen atoms in total. The third-order valence-corrected chi connectivity index (χ3v) is 8.10. The van der Waals surface area contributed by atoms with E-state index in [1.54, 1.807) is 38.4 Å². The zero-order chi connectivity index (χ0) is 30.2. The summed E-state index contributed by atoms with van der Waals surface area (Å²) in [7, 11) is 1.82. The number of halogens is 1. The number of benzene rings is 1. The molecule has 1 aliphatic carbocycles. The fraction of sp³-hybridized carbons (Fsp3) is 0.281. The van der Waals surface area contributed by atoms with Gasteiger partial charge in [-0.3, -0.25) is 9.78 Å². The first kappa shape index (κ1) is 28.1. The summed E-state index contributed by atoms with van der Waals surface area (Å²) in [5.41, 5.74) is 4.29. The third-order valence-electron chi connectivity index (χ3n) is 7.74. The van der Waals surface area contributed by atoms with Crippen LogP contribution in [-0.4, -0.2) is 40.3 Å². The standard InChI is InChI=1S/C32H31ClN8O3/c1-20(18-43-19-21-6-4-3-5-7-21)16-40-17-23(22-8-9-22)12-24(31(40)42)37-32-38-30-29(39(32)2)28(33)27(14-35-30)44-26-15-36-41-11-10-34-13-25(26)41/h3-7,10-15,17,20,22H,8-9,16,18-19H2,1-2H3,(H,35,37,38). The molecule has 0 radical (unpaired) electrons. The van der Waals surface area contributed by atoms with Crippen LogP contribution in [0.5, 0.6) is 11.5 Å². The highest BCUT2D eigenvalue weighted by Gasteiger charge is 2.26. The van der Waals surface area contributed by atoms with Crippen molar-refractivity contribution in [3.8, 4) is 11.5 Å². The van der Waals surface area contributed by atoms with Crippen molar-refractivity contribution in [1.29, 1.82) is 0 Å². The van der Waals surface area contributed by atoms with Crippen molar-refractivity contribution < 1.29 is 9.47 Å². The second-order valence-corrected chi connectivity index (χ2v) is 11.6. The normalized spacial score (nSPS) is 13.9. The molecule has 0 bridgehead atoms. The number of aromatic nitrogens is 7. The number of anilines is 2. The Kier molecular flexibility index (Phi) is 7.49. The topological polar surface area (TPSA) is 113 Å². The Morgan fingerprint density at radius 2 is 1.98 bits per heavy atom. The lowest BCUT2D eigenvalue weighted by Crippen LogP contribution is -2.27. The zero-order valence-electron chi connectivity index (χ0n) is 24.4.